The van der Waals surface area contributed by atoms with Crippen molar-refractivity contribution in [1.82, 2.24) is 0 Å². The fourth-order valence-electron chi connectivity index (χ4n) is 2.42. The SMILES string of the molecule is CCOC(=O)C1(O)CC(c2ccc(OC)cc2)C=C(C(C)=O)O1. The molecule has 1 aliphatic rings. The summed E-state index contributed by atoms with van der Waals surface area (Å²) < 4.78 is 15.2. The summed E-state index contributed by atoms with van der Waals surface area (Å²) in [5.74, 6) is -3.15. The van der Waals surface area contributed by atoms with Gasteiger partial charge in [-0.15, -0.1) is 0 Å². The van der Waals surface area contributed by atoms with Gasteiger partial charge in [0.1, 0.15) is 5.75 Å². The van der Waals surface area contributed by atoms with Gasteiger partial charge in [-0.25, -0.2) is 4.79 Å². The minimum atomic E-state index is -2.17. The minimum absolute atomic E-state index is 0.0328. The molecule has 0 aromatic heterocycles. The van der Waals surface area contributed by atoms with Gasteiger partial charge in [-0.3, -0.25) is 4.79 Å². The molecule has 0 amide bonds. The maximum absolute atomic E-state index is 12.0. The zero-order valence-electron chi connectivity index (χ0n) is 13.4. The smallest absolute Gasteiger partial charge is 0.379 e. The van der Waals surface area contributed by atoms with Gasteiger partial charge in [-0.1, -0.05) is 12.1 Å². The van der Waals surface area contributed by atoms with E-state index in [1.54, 1.807) is 32.2 Å². The summed E-state index contributed by atoms with van der Waals surface area (Å²) in [7, 11) is 1.57. The lowest BCUT2D eigenvalue weighted by Crippen LogP contribution is -2.46. The molecule has 1 aliphatic heterocycles. The predicted octanol–water partition coefficient (Wildman–Crippen LogP) is 1.92. The Morgan fingerprint density at radius 2 is 2.00 bits per heavy atom. The topological polar surface area (TPSA) is 82.1 Å². The number of allylic oxidation sites excluding steroid dienone is 2. The first-order valence-electron chi connectivity index (χ1n) is 7.35. The van der Waals surface area contributed by atoms with E-state index in [1.807, 2.05) is 12.1 Å². The first kappa shape index (κ1) is 17.0. The van der Waals surface area contributed by atoms with Crippen LogP contribution in [0.25, 0.3) is 0 Å². The molecule has 2 atom stereocenters. The summed E-state index contributed by atoms with van der Waals surface area (Å²) in [6, 6.07) is 7.17. The van der Waals surface area contributed by atoms with Crippen molar-refractivity contribution in [3.05, 3.63) is 41.7 Å². The second kappa shape index (κ2) is 6.83. The highest BCUT2D eigenvalue weighted by Gasteiger charge is 2.46. The summed E-state index contributed by atoms with van der Waals surface area (Å²) in [6.07, 6.45) is 1.58. The standard InChI is InChI=1S/C17H20O6/c1-4-22-16(19)17(20)10-13(9-15(23-17)11(2)18)12-5-7-14(21-3)8-6-12/h5-9,13,20H,4,10H2,1-3H3. The molecule has 124 valence electrons. The highest BCUT2D eigenvalue weighted by molar-refractivity contribution is 5.92. The van der Waals surface area contributed by atoms with Crippen LogP contribution in [0.3, 0.4) is 0 Å². The lowest BCUT2D eigenvalue weighted by atomic mass is 9.88. The summed E-state index contributed by atoms with van der Waals surface area (Å²) >= 11 is 0. The van der Waals surface area contributed by atoms with Crippen molar-refractivity contribution < 1.29 is 28.9 Å². The van der Waals surface area contributed by atoms with Crippen molar-refractivity contribution in [2.24, 2.45) is 0 Å². The van der Waals surface area contributed by atoms with Crippen molar-refractivity contribution in [2.75, 3.05) is 13.7 Å². The first-order chi connectivity index (χ1) is 10.9. The molecular weight excluding hydrogens is 300 g/mol. The van der Waals surface area contributed by atoms with Crippen molar-refractivity contribution in [3.8, 4) is 5.75 Å². The van der Waals surface area contributed by atoms with Crippen molar-refractivity contribution in [1.29, 1.82) is 0 Å². The van der Waals surface area contributed by atoms with E-state index in [0.717, 1.165) is 5.56 Å². The average Bonchev–Trinajstić information content (AvgIpc) is 2.54. The molecule has 1 heterocycles. The van der Waals surface area contributed by atoms with Gasteiger partial charge >= 0.3 is 11.8 Å². The van der Waals surface area contributed by atoms with Gasteiger partial charge in [-0.2, -0.15) is 0 Å². The second-order valence-electron chi connectivity index (χ2n) is 5.28. The number of carbonyl (C=O) groups is 2. The number of Topliss-reactive ketones (excluding diaryl/α,β-unsaturated/α-hetero) is 1. The third kappa shape index (κ3) is 3.71. The molecule has 0 radical (unpaired) electrons. The minimum Gasteiger partial charge on any atom is -0.497 e. The maximum Gasteiger partial charge on any atom is 0.379 e. The molecule has 6 nitrogen and oxygen atoms in total. The molecule has 1 aromatic carbocycles. The Balaban J connectivity index is 2.35. The average molecular weight is 320 g/mol. The van der Waals surface area contributed by atoms with Gasteiger partial charge in [0.25, 0.3) is 0 Å². The normalized spacial score (nSPS) is 23.5. The van der Waals surface area contributed by atoms with Crippen LogP contribution in [0.4, 0.5) is 0 Å². The van der Waals surface area contributed by atoms with Gasteiger partial charge in [0.2, 0.25) is 0 Å². The van der Waals surface area contributed by atoms with E-state index >= 15 is 0 Å². The van der Waals surface area contributed by atoms with Gasteiger partial charge in [0.05, 0.1) is 13.7 Å². The molecule has 0 aliphatic carbocycles. The van der Waals surface area contributed by atoms with Crippen LogP contribution in [0, 0.1) is 0 Å². The lowest BCUT2D eigenvalue weighted by Gasteiger charge is -2.34. The number of ketones is 1. The molecule has 0 saturated heterocycles. The number of carbonyl (C=O) groups excluding carboxylic acids is 2. The Morgan fingerprint density at radius 3 is 2.52 bits per heavy atom. The molecule has 1 aromatic rings. The largest absolute Gasteiger partial charge is 0.497 e. The number of esters is 1. The van der Waals surface area contributed by atoms with Gasteiger partial charge in [0, 0.05) is 19.3 Å². The quantitative estimate of drug-likeness (QED) is 0.835. The van der Waals surface area contributed by atoms with Crippen molar-refractivity contribution in [2.45, 2.75) is 32.0 Å². The van der Waals surface area contributed by atoms with E-state index in [2.05, 4.69) is 0 Å². The third-order valence-electron chi connectivity index (χ3n) is 3.61. The molecule has 0 bridgehead atoms. The Hall–Kier alpha value is -2.34. The Morgan fingerprint density at radius 1 is 1.35 bits per heavy atom. The number of ether oxygens (including phenoxy) is 3. The van der Waals surface area contributed by atoms with E-state index in [4.69, 9.17) is 14.2 Å². The number of methoxy groups -OCH3 is 1. The Kier molecular flexibility index (Phi) is 5.05. The van der Waals surface area contributed by atoms with Gasteiger partial charge < -0.3 is 19.3 Å². The summed E-state index contributed by atoms with van der Waals surface area (Å²) in [6.45, 7) is 3.05. The van der Waals surface area contributed by atoms with E-state index in [1.165, 1.54) is 6.92 Å². The zero-order chi connectivity index (χ0) is 17.0. The van der Waals surface area contributed by atoms with Crippen LogP contribution in [-0.4, -0.2) is 36.4 Å². The van der Waals surface area contributed by atoms with Crippen molar-refractivity contribution in [3.63, 3.8) is 0 Å². The number of rotatable bonds is 5. The molecule has 0 fully saturated rings. The van der Waals surface area contributed by atoms with E-state index in [0.29, 0.717) is 5.75 Å². The van der Waals surface area contributed by atoms with Crippen LogP contribution in [0.15, 0.2) is 36.1 Å². The molecule has 1 N–H and O–H groups in total. The molecule has 2 rings (SSSR count). The van der Waals surface area contributed by atoms with Crippen LogP contribution in [0.5, 0.6) is 5.75 Å². The summed E-state index contributed by atoms with van der Waals surface area (Å²) in [4.78, 5) is 23.7. The third-order valence-corrected chi connectivity index (χ3v) is 3.61. The molecular formula is C17H20O6. The Bertz CT molecular complexity index is 618. The number of hydrogen-bond donors (Lipinski definition) is 1. The van der Waals surface area contributed by atoms with Crippen LogP contribution in [0.1, 0.15) is 31.7 Å². The highest BCUT2D eigenvalue weighted by Crippen LogP contribution is 2.37. The maximum atomic E-state index is 12.0. The van der Waals surface area contributed by atoms with E-state index in [-0.39, 0.29) is 30.5 Å². The fraction of sp³-hybridized carbons (Fsp3) is 0.412. The predicted molar refractivity (Wildman–Crippen MR) is 81.8 cm³/mol. The van der Waals surface area contributed by atoms with Crippen LogP contribution < -0.4 is 4.74 Å². The first-order valence-corrected chi connectivity index (χ1v) is 7.35. The van der Waals surface area contributed by atoms with Crippen LogP contribution in [0.2, 0.25) is 0 Å². The van der Waals surface area contributed by atoms with Crippen LogP contribution >= 0.6 is 0 Å². The second-order valence-corrected chi connectivity index (χ2v) is 5.28. The number of aliphatic hydroxyl groups is 1. The van der Waals surface area contributed by atoms with Gasteiger partial charge in [-0.05, 0) is 30.7 Å². The summed E-state index contributed by atoms with van der Waals surface area (Å²) in [5, 5.41) is 10.5. The number of benzene rings is 1. The molecule has 0 spiro atoms. The summed E-state index contributed by atoms with van der Waals surface area (Å²) in [5.41, 5.74) is 0.829. The molecule has 6 heteroatoms. The molecule has 2 unspecified atom stereocenters. The number of hydrogen-bond acceptors (Lipinski definition) is 6. The van der Waals surface area contributed by atoms with E-state index < -0.39 is 11.8 Å². The monoisotopic (exact) mass is 320 g/mol. The lowest BCUT2D eigenvalue weighted by molar-refractivity contribution is -0.221. The zero-order valence-corrected chi connectivity index (χ0v) is 13.4. The molecule has 0 saturated carbocycles. The van der Waals surface area contributed by atoms with Crippen LogP contribution in [-0.2, 0) is 19.1 Å². The van der Waals surface area contributed by atoms with Crippen molar-refractivity contribution >= 4 is 11.8 Å². The Labute approximate surface area is 134 Å². The van der Waals surface area contributed by atoms with Gasteiger partial charge in [0.15, 0.2) is 11.5 Å². The van der Waals surface area contributed by atoms with E-state index in [9.17, 15) is 14.7 Å². The molecule has 23 heavy (non-hydrogen) atoms. The highest BCUT2D eigenvalue weighted by atomic mass is 16.7. The fourth-order valence-corrected chi connectivity index (χ4v) is 2.42.